The first-order valence-corrected chi connectivity index (χ1v) is 7.58. The number of fused-ring (bicyclic) bond motifs is 1. The molecule has 4 nitrogen and oxygen atoms in total. The molecular weight excluding hydrogens is 333 g/mol. The summed E-state index contributed by atoms with van der Waals surface area (Å²) in [5.41, 5.74) is -1.23. The lowest BCUT2D eigenvalue weighted by Crippen LogP contribution is -2.36. The average molecular weight is 346 g/mol. The van der Waals surface area contributed by atoms with E-state index in [1.807, 2.05) is 0 Å². The maximum atomic E-state index is 13.5. The van der Waals surface area contributed by atoms with Crippen LogP contribution in [-0.4, -0.2) is 16.8 Å². The van der Waals surface area contributed by atoms with E-state index in [2.05, 4.69) is 5.32 Å². The summed E-state index contributed by atoms with van der Waals surface area (Å²) in [6.45, 7) is 0. The van der Waals surface area contributed by atoms with E-state index in [1.54, 1.807) is 24.3 Å². The molecule has 24 heavy (non-hydrogen) atoms. The molecule has 0 saturated carbocycles. The molecule has 1 aliphatic rings. The fourth-order valence-electron chi connectivity index (χ4n) is 2.66. The number of allylic oxidation sites excluding steroid dienone is 1. The van der Waals surface area contributed by atoms with Crippen molar-refractivity contribution in [1.29, 1.82) is 0 Å². The summed E-state index contributed by atoms with van der Waals surface area (Å²) in [7, 11) is 0. The van der Waals surface area contributed by atoms with Crippen LogP contribution in [0.3, 0.4) is 0 Å². The van der Waals surface area contributed by atoms with Crippen LogP contribution >= 0.6 is 11.6 Å². The van der Waals surface area contributed by atoms with Gasteiger partial charge in [0.05, 0.1) is 6.42 Å². The lowest BCUT2D eigenvalue weighted by molar-refractivity contribution is -0.138. The Morgan fingerprint density at radius 2 is 2.00 bits per heavy atom. The normalized spacial score (nSPS) is 19.4. The van der Waals surface area contributed by atoms with Crippen molar-refractivity contribution in [2.75, 3.05) is 5.32 Å². The average Bonchev–Trinajstić information content (AvgIpc) is 2.78. The van der Waals surface area contributed by atoms with E-state index in [4.69, 9.17) is 11.6 Å². The van der Waals surface area contributed by atoms with Crippen molar-refractivity contribution >= 4 is 35.1 Å². The molecule has 1 atom stereocenters. The second-order valence-electron chi connectivity index (χ2n) is 5.47. The number of aliphatic hydroxyl groups is 1. The molecular formula is C18H13ClFNO3. The van der Waals surface area contributed by atoms with Crippen LogP contribution in [0.1, 0.15) is 17.5 Å². The smallest absolute Gasteiger partial charge is 0.261 e. The van der Waals surface area contributed by atoms with E-state index in [0.29, 0.717) is 5.69 Å². The summed E-state index contributed by atoms with van der Waals surface area (Å²) in [6, 6.07) is 10.7. The van der Waals surface area contributed by atoms with Crippen molar-refractivity contribution in [3.05, 3.63) is 70.5 Å². The SMILES string of the molecule is O=C(/C=C/c1ccccc1F)C[C@]1(O)C(=O)Nc2cccc(Cl)c21. The topological polar surface area (TPSA) is 66.4 Å². The summed E-state index contributed by atoms with van der Waals surface area (Å²) in [5.74, 6) is -1.70. The van der Waals surface area contributed by atoms with E-state index in [-0.39, 0.29) is 16.1 Å². The Labute approximate surface area is 142 Å². The highest BCUT2D eigenvalue weighted by molar-refractivity contribution is 6.33. The molecule has 1 amide bonds. The number of halogens is 2. The predicted molar refractivity (Wildman–Crippen MR) is 89.0 cm³/mol. The third-order valence-corrected chi connectivity index (χ3v) is 4.15. The van der Waals surface area contributed by atoms with Gasteiger partial charge in [0.1, 0.15) is 5.82 Å². The van der Waals surface area contributed by atoms with Crippen LogP contribution in [0.4, 0.5) is 10.1 Å². The maximum Gasteiger partial charge on any atom is 0.261 e. The Hall–Kier alpha value is -2.50. The van der Waals surface area contributed by atoms with E-state index in [9.17, 15) is 19.1 Å². The number of carbonyl (C=O) groups excluding carboxylic acids is 2. The van der Waals surface area contributed by atoms with Crippen molar-refractivity contribution in [2.24, 2.45) is 0 Å². The van der Waals surface area contributed by atoms with Crippen LogP contribution in [0.2, 0.25) is 5.02 Å². The van der Waals surface area contributed by atoms with Crippen LogP contribution in [0.5, 0.6) is 0 Å². The standard InChI is InChI=1S/C18H13ClFNO3/c19-13-5-3-7-15-16(13)18(24,17(23)21-15)10-12(22)9-8-11-4-1-2-6-14(11)20/h1-9,24H,10H2,(H,21,23)/b9-8+/t18-/m1/s1. The van der Waals surface area contributed by atoms with Crippen molar-refractivity contribution in [1.82, 2.24) is 0 Å². The maximum absolute atomic E-state index is 13.5. The molecule has 122 valence electrons. The molecule has 0 saturated heterocycles. The fourth-order valence-corrected chi connectivity index (χ4v) is 2.99. The van der Waals surface area contributed by atoms with Crippen LogP contribution in [0, 0.1) is 5.82 Å². The number of ketones is 1. The Kier molecular flexibility index (Phi) is 4.22. The van der Waals surface area contributed by atoms with Gasteiger partial charge in [0.25, 0.3) is 5.91 Å². The minimum Gasteiger partial charge on any atom is -0.375 e. The van der Waals surface area contributed by atoms with Crippen molar-refractivity contribution in [2.45, 2.75) is 12.0 Å². The molecule has 2 aromatic rings. The van der Waals surface area contributed by atoms with Crippen LogP contribution in [-0.2, 0) is 15.2 Å². The molecule has 2 N–H and O–H groups in total. The fraction of sp³-hybridized carbons (Fsp3) is 0.111. The zero-order valence-electron chi connectivity index (χ0n) is 12.4. The van der Waals surface area contributed by atoms with Gasteiger partial charge in [0, 0.05) is 21.8 Å². The van der Waals surface area contributed by atoms with Crippen molar-refractivity contribution in [3.63, 3.8) is 0 Å². The Morgan fingerprint density at radius 1 is 1.25 bits per heavy atom. The highest BCUT2D eigenvalue weighted by Gasteiger charge is 2.47. The minimum atomic E-state index is -2.04. The van der Waals surface area contributed by atoms with Gasteiger partial charge >= 0.3 is 0 Å². The monoisotopic (exact) mass is 345 g/mol. The quantitative estimate of drug-likeness (QED) is 0.836. The zero-order chi connectivity index (χ0) is 17.3. The Morgan fingerprint density at radius 3 is 2.75 bits per heavy atom. The molecule has 0 aliphatic carbocycles. The van der Waals surface area contributed by atoms with Crippen LogP contribution in [0.15, 0.2) is 48.5 Å². The number of nitrogens with one attached hydrogen (secondary N) is 1. The first-order valence-electron chi connectivity index (χ1n) is 7.20. The highest BCUT2D eigenvalue weighted by Crippen LogP contribution is 2.42. The molecule has 0 radical (unpaired) electrons. The molecule has 1 aliphatic heterocycles. The number of benzene rings is 2. The van der Waals surface area contributed by atoms with Gasteiger partial charge in [0.2, 0.25) is 0 Å². The molecule has 2 aromatic carbocycles. The Bertz CT molecular complexity index is 865. The molecule has 0 spiro atoms. The van der Waals surface area contributed by atoms with Gasteiger partial charge < -0.3 is 10.4 Å². The van der Waals surface area contributed by atoms with Gasteiger partial charge in [-0.15, -0.1) is 0 Å². The molecule has 1 heterocycles. The summed E-state index contributed by atoms with van der Waals surface area (Å²) < 4.78 is 13.5. The zero-order valence-corrected chi connectivity index (χ0v) is 13.2. The molecule has 3 rings (SSSR count). The van der Waals surface area contributed by atoms with Crippen molar-refractivity contribution < 1.29 is 19.1 Å². The van der Waals surface area contributed by atoms with Gasteiger partial charge in [-0.1, -0.05) is 35.9 Å². The second kappa shape index (κ2) is 6.19. The van der Waals surface area contributed by atoms with Gasteiger partial charge in [-0.2, -0.15) is 0 Å². The number of hydrogen-bond acceptors (Lipinski definition) is 3. The predicted octanol–water partition coefficient (Wildman–Crippen LogP) is 3.29. The number of hydrogen-bond donors (Lipinski definition) is 2. The van der Waals surface area contributed by atoms with Crippen LogP contribution < -0.4 is 5.32 Å². The third-order valence-electron chi connectivity index (χ3n) is 3.84. The molecule has 6 heteroatoms. The molecule has 0 unspecified atom stereocenters. The largest absolute Gasteiger partial charge is 0.375 e. The lowest BCUT2D eigenvalue weighted by atomic mass is 9.89. The lowest BCUT2D eigenvalue weighted by Gasteiger charge is -2.20. The molecule has 0 fully saturated rings. The summed E-state index contributed by atoms with van der Waals surface area (Å²) in [6.07, 6.45) is 1.96. The van der Waals surface area contributed by atoms with E-state index in [0.717, 1.165) is 6.08 Å². The first-order chi connectivity index (χ1) is 11.4. The number of rotatable bonds is 4. The van der Waals surface area contributed by atoms with E-state index < -0.39 is 29.5 Å². The van der Waals surface area contributed by atoms with Gasteiger partial charge in [-0.05, 0) is 30.4 Å². The van der Waals surface area contributed by atoms with Gasteiger partial charge in [-0.3, -0.25) is 9.59 Å². The van der Waals surface area contributed by atoms with Gasteiger partial charge in [-0.25, -0.2) is 4.39 Å². The third kappa shape index (κ3) is 2.84. The van der Waals surface area contributed by atoms with Crippen molar-refractivity contribution in [3.8, 4) is 0 Å². The minimum absolute atomic E-state index is 0.185. The van der Waals surface area contributed by atoms with Crippen LogP contribution in [0.25, 0.3) is 6.08 Å². The van der Waals surface area contributed by atoms with E-state index >= 15 is 0 Å². The number of amides is 1. The molecule has 0 aromatic heterocycles. The molecule has 0 bridgehead atoms. The van der Waals surface area contributed by atoms with Gasteiger partial charge in [0.15, 0.2) is 11.4 Å². The first kappa shape index (κ1) is 16.4. The number of carbonyl (C=O) groups is 2. The summed E-state index contributed by atoms with van der Waals surface area (Å²) >= 11 is 6.07. The Balaban J connectivity index is 1.85. The van der Waals surface area contributed by atoms with E-state index in [1.165, 1.54) is 24.3 Å². The number of anilines is 1. The summed E-state index contributed by atoms with van der Waals surface area (Å²) in [5, 5.41) is 13.4. The second-order valence-corrected chi connectivity index (χ2v) is 5.88. The summed E-state index contributed by atoms with van der Waals surface area (Å²) in [4.78, 5) is 24.3. The highest BCUT2D eigenvalue weighted by atomic mass is 35.5.